The van der Waals surface area contributed by atoms with Crippen LogP contribution in [0.5, 0.6) is 17.2 Å². The van der Waals surface area contributed by atoms with E-state index in [0.717, 1.165) is 5.56 Å². The van der Waals surface area contributed by atoms with Gasteiger partial charge in [0.15, 0.2) is 9.84 Å². The van der Waals surface area contributed by atoms with Gasteiger partial charge in [-0.1, -0.05) is 54.1 Å². The topological polar surface area (TPSA) is 185 Å². The number of carbonyl (C=O) groups excluding carboxylic acids is 1. The van der Waals surface area contributed by atoms with Crippen molar-refractivity contribution in [2.24, 2.45) is 0 Å². The Bertz CT molecular complexity index is 2760. The number of nitrogens with zero attached hydrogens (tertiary/aromatic N) is 7. The molecule has 0 unspecified atom stereocenters. The molecule has 16 nitrogen and oxygen atoms in total. The van der Waals surface area contributed by atoms with Crippen LogP contribution >= 0.6 is 11.6 Å². The summed E-state index contributed by atoms with van der Waals surface area (Å²) >= 11 is 6.41. The van der Waals surface area contributed by atoms with E-state index in [1.165, 1.54) is 52.6 Å². The zero-order valence-electron chi connectivity index (χ0n) is 35.4. The smallest absolute Gasteiger partial charge is 0.410 e. The van der Waals surface area contributed by atoms with Crippen LogP contribution in [0.15, 0.2) is 113 Å². The predicted octanol–water partition coefficient (Wildman–Crippen LogP) is 6.91. The van der Waals surface area contributed by atoms with Gasteiger partial charge >= 0.3 is 6.09 Å². The van der Waals surface area contributed by atoms with Gasteiger partial charge in [0.05, 0.1) is 38.3 Å². The molecule has 1 aliphatic rings. The third-order valence-corrected chi connectivity index (χ3v) is 14.5. The number of amides is 1. The van der Waals surface area contributed by atoms with E-state index >= 15 is 16.8 Å². The highest BCUT2D eigenvalue weighted by atomic mass is 35.5. The molecule has 0 aliphatic carbocycles. The van der Waals surface area contributed by atoms with Gasteiger partial charge in [-0.2, -0.15) is 9.10 Å². The third-order valence-electron chi connectivity index (χ3n) is 10.2. The van der Waals surface area contributed by atoms with E-state index in [2.05, 4.69) is 20.4 Å². The minimum Gasteiger partial charge on any atom is -0.497 e. The lowest BCUT2D eigenvalue weighted by atomic mass is 10.00. The van der Waals surface area contributed by atoms with Gasteiger partial charge in [-0.05, 0) is 108 Å². The zero-order chi connectivity index (χ0) is 45.1. The first-order valence-electron chi connectivity index (χ1n) is 19.7. The summed E-state index contributed by atoms with van der Waals surface area (Å²) in [6, 6.07) is 26.9. The maximum atomic E-state index is 15.9. The Balaban J connectivity index is 1.44. The highest BCUT2D eigenvalue weighted by Gasteiger charge is 2.46. The van der Waals surface area contributed by atoms with Gasteiger partial charge < -0.3 is 23.8 Å². The molecule has 2 aromatic heterocycles. The van der Waals surface area contributed by atoms with Crippen LogP contribution in [0.4, 0.5) is 4.79 Å². The molecule has 0 saturated carbocycles. The molecule has 330 valence electrons. The van der Waals surface area contributed by atoms with Gasteiger partial charge in [0.25, 0.3) is 0 Å². The molecule has 0 bridgehead atoms. The van der Waals surface area contributed by atoms with Gasteiger partial charge in [0, 0.05) is 32.4 Å². The van der Waals surface area contributed by atoms with Crippen molar-refractivity contribution in [2.45, 2.75) is 61.0 Å². The number of tetrazole rings is 1. The molecule has 0 spiro atoms. The summed E-state index contributed by atoms with van der Waals surface area (Å²) in [4.78, 5) is 18.6. The Kier molecular flexibility index (Phi) is 13.1. The number of ether oxygens (including phenoxy) is 4. The number of methoxy groups -OCH3 is 3. The van der Waals surface area contributed by atoms with Gasteiger partial charge in [0.1, 0.15) is 38.1 Å². The van der Waals surface area contributed by atoms with Crippen molar-refractivity contribution in [3.05, 3.63) is 125 Å². The van der Waals surface area contributed by atoms with Crippen molar-refractivity contribution in [2.75, 3.05) is 34.4 Å². The molecule has 6 aromatic rings. The average molecular weight is 916 g/mol. The second-order valence-corrected chi connectivity index (χ2v) is 20.2. The predicted molar refractivity (Wildman–Crippen MR) is 235 cm³/mol. The number of benzene rings is 4. The van der Waals surface area contributed by atoms with Crippen molar-refractivity contribution >= 4 is 37.6 Å². The summed E-state index contributed by atoms with van der Waals surface area (Å²) in [6.07, 6.45) is 0.767. The summed E-state index contributed by atoms with van der Waals surface area (Å²) in [5, 5.41) is 12.3. The third kappa shape index (κ3) is 10.1. The van der Waals surface area contributed by atoms with Gasteiger partial charge in [0.2, 0.25) is 15.8 Å². The Morgan fingerprint density at radius 2 is 1.32 bits per heavy atom. The number of halogens is 1. The molecular weight excluding hydrogens is 870 g/mol. The first kappa shape index (κ1) is 45.0. The quantitative estimate of drug-likeness (QED) is 0.0969. The summed E-state index contributed by atoms with van der Waals surface area (Å²) < 4.78 is 84.5. The molecule has 63 heavy (non-hydrogen) atoms. The number of hydrogen-bond acceptors (Lipinski definition) is 13. The van der Waals surface area contributed by atoms with E-state index in [9.17, 15) is 4.79 Å². The molecule has 0 atom stereocenters. The van der Waals surface area contributed by atoms with Crippen LogP contribution in [0.2, 0.25) is 5.15 Å². The standard InChI is InChI=1S/C44H46ClN7O9S2/c1-44(2,3)61-43(53)50-27-36(28-50)62(54,55)38-20-19-37(32-21-22-46-39(45)23-32)40(42-47-49-52(48-42)26-31-11-17-35(60-6)18-12-31)41(38)63(56,57)51(24-29-7-13-33(58-4)14-8-29)25-30-9-15-34(59-5)16-10-30/h7-23,36H,24-28H2,1-6H3. The van der Waals surface area contributed by atoms with Crippen molar-refractivity contribution in [1.29, 1.82) is 0 Å². The number of sulfone groups is 1. The van der Waals surface area contributed by atoms with E-state index in [1.54, 1.807) is 94.6 Å². The van der Waals surface area contributed by atoms with Crippen molar-refractivity contribution in [3.63, 3.8) is 0 Å². The minimum absolute atomic E-state index is 0.105. The van der Waals surface area contributed by atoms with E-state index < -0.39 is 46.6 Å². The van der Waals surface area contributed by atoms with E-state index in [4.69, 9.17) is 30.5 Å². The van der Waals surface area contributed by atoms with Crippen LogP contribution in [-0.4, -0.2) is 103 Å². The minimum atomic E-state index is -4.88. The molecule has 1 saturated heterocycles. The number of likely N-dealkylation sites (tertiary alicyclic amines) is 1. The van der Waals surface area contributed by atoms with E-state index in [-0.39, 0.29) is 54.8 Å². The number of pyridine rings is 1. The van der Waals surface area contributed by atoms with Crippen LogP contribution < -0.4 is 14.2 Å². The highest BCUT2D eigenvalue weighted by molar-refractivity contribution is 7.94. The van der Waals surface area contributed by atoms with Crippen LogP contribution in [0.3, 0.4) is 0 Å². The monoisotopic (exact) mass is 915 g/mol. The number of aromatic nitrogens is 5. The average Bonchev–Trinajstić information content (AvgIpc) is 3.70. The number of rotatable bonds is 15. The van der Waals surface area contributed by atoms with Gasteiger partial charge in [-0.25, -0.2) is 26.6 Å². The lowest BCUT2D eigenvalue weighted by molar-refractivity contribution is 0.0139. The Morgan fingerprint density at radius 1 is 0.778 bits per heavy atom. The molecule has 1 aliphatic heterocycles. The van der Waals surface area contributed by atoms with Crippen molar-refractivity contribution in [1.82, 2.24) is 34.4 Å². The summed E-state index contributed by atoms with van der Waals surface area (Å²) in [5.74, 6) is 1.61. The van der Waals surface area contributed by atoms with Crippen LogP contribution in [0.25, 0.3) is 22.5 Å². The number of hydrogen-bond donors (Lipinski definition) is 0. The number of carbonyl (C=O) groups is 1. The fraction of sp³-hybridized carbons (Fsp3) is 0.295. The fourth-order valence-corrected chi connectivity index (χ4v) is 11.1. The highest BCUT2D eigenvalue weighted by Crippen LogP contribution is 2.43. The fourth-order valence-electron chi connectivity index (χ4n) is 6.89. The molecule has 1 amide bonds. The maximum absolute atomic E-state index is 15.9. The second kappa shape index (κ2) is 18.3. The lowest BCUT2D eigenvalue weighted by Gasteiger charge is -2.39. The van der Waals surface area contributed by atoms with E-state index in [0.29, 0.717) is 33.9 Å². The molecule has 3 heterocycles. The first-order chi connectivity index (χ1) is 30.0. The molecule has 1 fully saturated rings. The summed E-state index contributed by atoms with van der Waals surface area (Å²) in [6.45, 7) is 4.43. The first-order valence-corrected chi connectivity index (χ1v) is 23.0. The molecule has 19 heteroatoms. The zero-order valence-corrected chi connectivity index (χ0v) is 37.8. The van der Waals surface area contributed by atoms with Crippen molar-refractivity contribution in [3.8, 4) is 39.8 Å². The van der Waals surface area contributed by atoms with Crippen LogP contribution in [0, 0.1) is 0 Å². The largest absolute Gasteiger partial charge is 0.497 e. The normalized spacial score (nSPS) is 13.4. The van der Waals surface area contributed by atoms with Gasteiger partial charge in [-0.15, -0.1) is 10.2 Å². The maximum Gasteiger partial charge on any atom is 0.410 e. The molecule has 0 radical (unpaired) electrons. The Hall–Kier alpha value is -6.08. The Morgan fingerprint density at radius 3 is 1.83 bits per heavy atom. The van der Waals surface area contributed by atoms with Crippen LogP contribution in [0.1, 0.15) is 37.5 Å². The van der Waals surface area contributed by atoms with Crippen molar-refractivity contribution < 1.29 is 40.6 Å². The van der Waals surface area contributed by atoms with Gasteiger partial charge in [-0.3, -0.25) is 0 Å². The lowest BCUT2D eigenvalue weighted by Crippen LogP contribution is -2.57. The van der Waals surface area contributed by atoms with Crippen LogP contribution in [-0.2, 0) is 44.2 Å². The van der Waals surface area contributed by atoms with E-state index in [1.807, 2.05) is 12.1 Å². The molecule has 4 aromatic carbocycles. The molecule has 7 rings (SSSR count). The second-order valence-electron chi connectivity index (χ2n) is 15.7. The molecule has 0 N–H and O–H groups in total. The summed E-state index contributed by atoms with van der Waals surface area (Å²) in [7, 11) is -4.80. The summed E-state index contributed by atoms with van der Waals surface area (Å²) in [5.41, 5.74) is 1.68. The SMILES string of the molecule is COc1ccc(CN(Cc2ccc(OC)cc2)S(=O)(=O)c2c(S(=O)(=O)C3CN(C(=O)OC(C)(C)C)C3)ccc(-c3ccnc(Cl)c3)c2-c2nnn(Cc3ccc(OC)cc3)n2)cc1. The molecular formula is C44H46ClN7O9S2. The number of sulfonamides is 1. The Labute approximate surface area is 371 Å².